The van der Waals surface area contributed by atoms with Crippen molar-refractivity contribution < 1.29 is 0 Å². The first-order valence-electron chi connectivity index (χ1n) is 2.56. The van der Waals surface area contributed by atoms with Crippen molar-refractivity contribution in [3.63, 3.8) is 0 Å². The number of hydrogen-bond acceptors (Lipinski definition) is 0. The molecule has 0 rings (SSSR count). The van der Waals surface area contributed by atoms with Crippen LogP contribution in [0.3, 0.4) is 0 Å². The van der Waals surface area contributed by atoms with Crippen molar-refractivity contribution in [1.29, 1.82) is 0 Å². The summed E-state index contributed by atoms with van der Waals surface area (Å²) in [4.78, 5) is 0. The Morgan fingerprint density at radius 2 is 2.14 bits per heavy atom. The Hall–Kier alpha value is -0.260. The molecule has 7 heavy (non-hydrogen) atoms. The van der Waals surface area contributed by atoms with Gasteiger partial charge in [-0.25, -0.2) is 0 Å². The van der Waals surface area contributed by atoms with Crippen molar-refractivity contribution in [3.05, 3.63) is 12.0 Å². The Kier molecular flexibility index (Phi) is 3.77. The average Bonchev–Trinajstić information content (AvgIpc) is 1.61. The fourth-order valence-electron chi connectivity index (χ4n) is 0.301. The van der Waals surface area contributed by atoms with E-state index in [-0.39, 0.29) is 0 Å². The normalized spacial score (nSPS) is 8.86. The van der Waals surface area contributed by atoms with E-state index < -0.39 is 0 Å². The third kappa shape index (κ3) is 5.74. The van der Waals surface area contributed by atoms with Crippen LogP contribution < -0.4 is 0 Å². The van der Waals surface area contributed by atoms with Gasteiger partial charge in [0, 0.05) is 0 Å². The summed E-state index contributed by atoms with van der Waals surface area (Å²) in [5.41, 5.74) is 0. The maximum atomic E-state index is 3.55. The molecule has 0 saturated heterocycles. The van der Waals surface area contributed by atoms with Gasteiger partial charge in [0.1, 0.15) is 0 Å². The predicted octanol–water partition coefficient (Wildman–Crippen LogP) is 0.930. The summed E-state index contributed by atoms with van der Waals surface area (Å²) in [6.07, 6.45) is 0. The molecule has 0 heterocycles. The molecule has 0 aromatic heterocycles. The molecule has 0 spiro atoms. The molecular weight excluding hydrogens is 81.7 g/mol. The van der Waals surface area contributed by atoms with Crippen LogP contribution in [0.5, 0.6) is 0 Å². The van der Waals surface area contributed by atoms with Gasteiger partial charge < -0.3 is 0 Å². The molecule has 0 unspecified atom stereocenters. The molecule has 0 atom stereocenters. The van der Waals surface area contributed by atoms with Gasteiger partial charge in [-0.1, -0.05) is 0 Å². The average molecular weight is 91.8 g/mol. The fraction of sp³-hybridized carbons (Fsp3) is 0.400. The third-order valence-corrected chi connectivity index (χ3v) is 0.632. The van der Waals surface area contributed by atoms with Crippen LogP contribution in [-0.4, -0.2) is 20.1 Å². The summed E-state index contributed by atoms with van der Waals surface area (Å²) in [5, 5.41) is 0. The van der Waals surface area contributed by atoms with Crippen LogP contribution in [0.1, 0.15) is 0 Å². The molecule has 0 amide bonds. The molecule has 0 fully saturated rings. The second-order valence-electron chi connectivity index (χ2n) is 1.86. The van der Waals surface area contributed by atoms with E-state index in [1.54, 1.807) is 6.92 Å². The molecule has 0 aromatic rings. The van der Waals surface area contributed by atoms with E-state index in [4.69, 9.17) is 0 Å². The van der Waals surface area contributed by atoms with Crippen molar-refractivity contribution in [2.45, 2.75) is 13.6 Å². The van der Waals surface area contributed by atoms with Crippen molar-refractivity contribution >= 4 is 20.1 Å². The Balaban J connectivity index is 3.25. The second-order valence-corrected chi connectivity index (χ2v) is 1.86. The van der Waals surface area contributed by atoms with E-state index in [2.05, 4.69) is 26.1 Å². The summed E-state index contributed by atoms with van der Waals surface area (Å²) in [7, 11) is 0. The van der Waals surface area contributed by atoms with E-state index in [0.29, 0.717) is 6.71 Å². The Morgan fingerprint density at radius 3 is 2.29 bits per heavy atom. The van der Waals surface area contributed by atoms with Crippen LogP contribution >= 0.6 is 0 Å². The fourth-order valence-corrected chi connectivity index (χ4v) is 0.301. The zero-order valence-electron chi connectivity index (χ0n) is 5.02. The molecule has 0 saturated carbocycles. The van der Waals surface area contributed by atoms with E-state index >= 15 is 0 Å². The Bertz CT molecular complexity index is 74.1. The monoisotopic (exact) mass is 92.1 g/mol. The standard InChI is InChI=1S/C5H10B2/c1-6-4-5-7(2)3/h4-5H,1H2,2-3H3. The molecule has 0 aromatic carbocycles. The van der Waals surface area contributed by atoms with Crippen LogP contribution in [0.15, 0.2) is 12.0 Å². The van der Waals surface area contributed by atoms with Gasteiger partial charge in [0.05, 0.1) is 0 Å². The predicted molar refractivity (Wildman–Crippen MR) is 39.5 cm³/mol. The van der Waals surface area contributed by atoms with Crippen LogP contribution in [-0.2, 0) is 0 Å². The van der Waals surface area contributed by atoms with Crippen molar-refractivity contribution in [2.24, 2.45) is 0 Å². The third-order valence-electron chi connectivity index (χ3n) is 0.632. The number of hydrogen-bond donors (Lipinski definition) is 0. The second kappa shape index (κ2) is 3.91. The van der Waals surface area contributed by atoms with Gasteiger partial charge in [-0.3, -0.25) is 0 Å². The number of rotatable bonds is 2. The summed E-state index contributed by atoms with van der Waals surface area (Å²) in [6, 6.07) is 0. The molecule has 0 aliphatic rings. The molecule has 0 radical (unpaired) electrons. The Morgan fingerprint density at radius 1 is 1.57 bits per heavy atom. The molecule has 36 valence electrons. The first kappa shape index (κ1) is 6.74. The van der Waals surface area contributed by atoms with Crippen molar-refractivity contribution in [3.8, 4) is 0 Å². The quantitative estimate of drug-likeness (QED) is 0.444. The van der Waals surface area contributed by atoms with Crippen molar-refractivity contribution in [1.82, 2.24) is 0 Å². The molecule has 0 aliphatic heterocycles. The summed E-state index contributed by atoms with van der Waals surface area (Å²) < 4.78 is 0. The minimum absolute atomic E-state index is 0.651. The van der Waals surface area contributed by atoms with Gasteiger partial charge in [-0.15, -0.1) is 0 Å². The summed E-state index contributed by atoms with van der Waals surface area (Å²) in [6.45, 7) is 10.3. The first-order valence-corrected chi connectivity index (χ1v) is 2.56. The van der Waals surface area contributed by atoms with Crippen LogP contribution in [0, 0.1) is 0 Å². The zero-order valence-corrected chi connectivity index (χ0v) is 5.02. The molecule has 0 N–H and O–H groups in total. The van der Waals surface area contributed by atoms with Gasteiger partial charge in [-0.2, -0.15) is 0 Å². The van der Waals surface area contributed by atoms with Gasteiger partial charge >= 0.3 is 45.7 Å². The molecule has 0 aliphatic carbocycles. The Labute approximate surface area is 46.6 Å². The van der Waals surface area contributed by atoms with Crippen molar-refractivity contribution in [2.75, 3.05) is 0 Å². The topological polar surface area (TPSA) is 0 Å². The van der Waals surface area contributed by atoms with E-state index in [1.165, 1.54) is 0 Å². The van der Waals surface area contributed by atoms with Gasteiger partial charge in [0.15, 0.2) is 0 Å². The van der Waals surface area contributed by atoms with Crippen LogP contribution in [0.4, 0.5) is 0 Å². The molecular formula is C5H10B2. The van der Waals surface area contributed by atoms with E-state index in [1.807, 2.05) is 5.98 Å². The van der Waals surface area contributed by atoms with Gasteiger partial charge in [-0.05, 0) is 0 Å². The van der Waals surface area contributed by atoms with E-state index in [9.17, 15) is 0 Å². The SMILES string of the molecule is C=BC=CB(C)C. The minimum atomic E-state index is 0.651. The van der Waals surface area contributed by atoms with Gasteiger partial charge in [0.2, 0.25) is 0 Å². The zero-order chi connectivity index (χ0) is 5.70. The molecule has 0 bridgehead atoms. The summed E-state index contributed by atoms with van der Waals surface area (Å²) >= 11 is 0. The molecule has 2 heteroatoms. The van der Waals surface area contributed by atoms with E-state index in [0.717, 1.165) is 0 Å². The maximum absolute atomic E-state index is 3.55. The van der Waals surface area contributed by atoms with Crippen LogP contribution in [0.25, 0.3) is 0 Å². The molecule has 0 nitrogen and oxygen atoms in total. The summed E-state index contributed by atoms with van der Waals surface area (Å²) in [5.74, 6) is 4.07. The first-order chi connectivity index (χ1) is 3.27. The van der Waals surface area contributed by atoms with Crippen LogP contribution in [0.2, 0.25) is 13.6 Å². The van der Waals surface area contributed by atoms with Gasteiger partial charge in [0.25, 0.3) is 0 Å².